The Kier molecular flexibility index (Phi) is 9.64. The first-order valence-corrected chi connectivity index (χ1v) is 10.7. The number of amides is 1. The van der Waals surface area contributed by atoms with E-state index >= 15 is 0 Å². The van der Waals surface area contributed by atoms with E-state index in [-0.39, 0.29) is 29.2 Å². The van der Waals surface area contributed by atoms with E-state index in [1.807, 2.05) is 17.2 Å². The lowest BCUT2D eigenvalue weighted by molar-refractivity contribution is -0.749. The van der Waals surface area contributed by atoms with Gasteiger partial charge in [-0.2, -0.15) is 17.2 Å². The van der Waals surface area contributed by atoms with E-state index in [1.165, 1.54) is 18.2 Å². The van der Waals surface area contributed by atoms with E-state index < -0.39 is 0 Å². The highest BCUT2D eigenvalue weighted by molar-refractivity contribution is 8.00. The number of benzene rings is 1. The van der Waals surface area contributed by atoms with Crippen molar-refractivity contribution in [2.45, 2.75) is 43.0 Å². The van der Waals surface area contributed by atoms with Crippen LogP contribution in [-0.4, -0.2) is 48.2 Å². The minimum Gasteiger partial charge on any atom is -0.305 e. The molecule has 170 valence electrons. The third-order valence-electron chi connectivity index (χ3n) is 4.87. The summed E-state index contributed by atoms with van der Waals surface area (Å²) >= 11 is 1.96. The van der Waals surface area contributed by atoms with Gasteiger partial charge in [-0.3, -0.25) is 25.0 Å². The Hall–Kier alpha value is -2.10. The van der Waals surface area contributed by atoms with Crippen molar-refractivity contribution in [3.63, 3.8) is 0 Å². The van der Waals surface area contributed by atoms with Gasteiger partial charge in [-0.25, -0.2) is 0 Å². The van der Waals surface area contributed by atoms with Gasteiger partial charge in [0.1, 0.15) is 6.29 Å². The highest BCUT2D eigenvalue weighted by Gasteiger charge is 2.38. The molecule has 13 heteroatoms. The average Bonchev–Trinajstić information content (AvgIpc) is 3.40. The molecular formula is C18H23N3O9S. The Morgan fingerprint density at radius 3 is 2.84 bits per heavy atom. The number of rotatable bonds is 14. The molecular weight excluding hydrogens is 434 g/mol. The Balaban J connectivity index is 1.18. The molecule has 2 heterocycles. The van der Waals surface area contributed by atoms with Crippen molar-refractivity contribution in [3.05, 3.63) is 29.3 Å². The molecule has 1 aromatic carbocycles. The first-order chi connectivity index (χ1) is 15.2. The van der Waals surface area contributed by atoms with Gasteiger partial charge in [0.25, 0.3) is 0 Å². The van der Waals surface area contributed by atoms with Gasteiger partial charge in [0.2, 0.25) is 5.91 Å². The molecule has 1 amide bonds. The van der Waals surface area contributed by atoms with Crippen molar-refractivity contribution in [2.24, 2.45) is 0 Å². The fourth-order valence-electron chi connectivity index (χ4n) is 3.35. The van der Waals surface area contributed by atoms with Crippen molar-refractivity contribution in [1.29, 1.82) is 0 Å². The Labute approximate surface area is 181 Å². The van der Waals surface area contributed by atoms with Crippen LogP contribution in [0.15, 0.2) is 18.2 Å². The molecule has 3 unspecified atom stereocenters. The Morgan fingerprint density at radius 1 is 1.13 bits per heavy atom. The van der Waals surface area contributed by atoms with Crippen LogP contribution in [0.3, 0.4) is 0 Å². The summed E-state index contributed by atoms with van der Waals surface area (Å²) in [5, 5.41) is 23.8. The van der Waals surface area contributed by atoms with Crippen LogP contribution < -0.4 is 21.0 Å². The maximum atomic E-state index is 11.7. The number of unbranched alkanes of at least 4 members (excludes halogenated alkanes) is 1. The number of fused-ring (bicyclic) bond motifs is 1. The third-order valence-corrected chi connectivity index (χ3v) is 6.37. The molecule has 2 aliphatic heterocycles. The third kappa shape index (κ3) is 7.22. The van der Waals surface area contributed by atoms with Crippen LogP contribution in [0.1, 0.15) is 46.4 Å². The number of thioether (sulfide) groups is 1. The maximum absolute atomic E-state index is 11.7. The molecule has 3 N–H and O–H groups in total. The van der Waals surface area contributed by atoms with Gasteiger partial charge in [-0.1, -0.05) is 17.5 Å². The smallest absolute Gasteiger partial charge is 0.246 e. The quantitative estimate of drug-likeness (QED) is 0.158. The molecule has 0 aromatic heterocycles. The molecule has 1 aromatic rings. The number of aldehydes is 2. The molecule has 0 saturated carbocycles. The van der Waals surface area contributed by atoms with E-state index in [4.69, 9.17) is 0 Å². The normalized spacial score (nSPS) is 22.1. The lowest BCUT2D eigenvalue weighted by Crippen LogP contribution is -2.36. The molecule has 2 saturated heterocycles. The van der Waals surface area contributed by atoms with Crippen molar-refractivity contribution in [2.75, 3.05) is 12.4 Å². The Morgan fingerprint density at radius 2 is 2.00 bits per heavy atom. The lowest BCUT2D eigenvalue weighted by Gasteiger charge is -2.16. The zero-order chi connectivity index (χ0) is 21.9. The highest BCUT2D eigenvalue weighted by atomic mass is 32.2. The summed E-state index contributed by atoms with van der Waals surface area (Å²) in [6.45, 7) is 0.863. The van der Waals surface area contributed by atoms with Crippen LogP contribution in [0.2, 0.25) is 0 Å². The van der Waals surface area contributed by atoms with Crippen molar-refractivity contribution in [1.82, 2.24) is 16.1 Å². The van der Waals surface area contributed by atoms with Crippen LogP contribution in [0.5, 0.6) is 5.75 Å². The van der Waals surface area contributed by atoms with Crippen LogP contribution in [0.4, 0.5) is 0 Å². The first kappa shape index (κ1) is 23.6. The first-order valence-electron chi connectivity index (χ1n) is 9.63. The molecule has 0 aliphatic carbocycles. The van der Waals surface area contributed by atoms with E-state index in [9.17, 15) is 14.4 Å². The molecule has 0 radical (unpaired) electrons. The molecule has 12 nitrogen and oxygen atoms in total. The number of hydrogen-bond donors (Lipinski definition) is 3. The number of carbonyl (C=O) groups is 3. The van der Waals surface area contributed by atoms with E-state index in [0.29, 0.717) is 36.3 Å². The number of hydroxylamine groups is 1. The number of hydrogen-bond acceptors (Lipinski definition) is 12. The van der Waals surface area contributed by atoms with Gasteiger partial charge < -0.3 is 4.89 Å². The van der Waals surface area contributed by atoms with E-state index in [0.717, 1.165) is 25.3 Å². The molecule has 2 fully saturated rings. The van der Waals surface area contributed by atoms with Gasteiger partial charge in [0.15, 0.2) is 12.0 Å². The summed E-state index contributed by atoms with van der Waals surface area (Å²) in [7, 11) is 0. The largest absolute Gasteiger partial charge is 0.305 e. The second-order valence-corrected chi connectivity index (χ2v) is 8.10. The van der Waals surface area contributed by atoms with E-state index in [1.54, 1.807) is 0 Å². The number of carbonyl (C=O) groups excluding carboxylic acids is 3. The van der Waals surface area contributed by atoms with Gasteiger partial charge in [-0.15, -0.1) is 0 Å². The Bertz CT molecular complexity index is 754. The average molecular weight is 457 g/mol. The molecule has 0 spiro atoms. The van der Waals surface area contributed by atoms with Gasteiger partial charge in [0, 0.05) is 56.9 Å². The molecule has 3 atom stereocenters. The second kappa shape index (κ2) is 12.7. The second-order valence-electron chi connectivity index (χ2n) is 6.83. The minimum absolute atomic E-state index is 0.0797. The SMILES string of the molecule is O=Cc1ccc(C=O)c(OOOOOONC(=O)CCCCC2SCC3NCNC32)c1. The van der Waals surface area contributed by atoms with Crippen LogP contribution in [0.25, 0.3) is 0 Å². The van der Waals surface area contributed by atoms with Crippen molar-refractivity contribution in [3.8, 4) is 5.75 Å². The minimum atomic E-state index is -0.389. The maximum Gasteiger partial charge on any atom is 0.246 e. The van der Waals surface area contributed by atoms with E-state index in [2.05, 4.69) is 40.7 Å². The fourth-order valence-corrected chi connectivity index (χ4v) is 4.96. The zero-order valence-electron chi connectivity index (χ0n) is 16.4. The van der Waals surface area contributed by atoms with Crippen molar-refractivity contribution < 1.29 is 44.4 Å². The van der Waals surface area contributed by atoms with Crippen molar-refractivity contribution >= 4 is 30.2 Å². The summed E-state index contributed by atoms with van der Waals surface area (Å²) in [6.07, 6.45) is 4.00. The summed E-state index contributed by atoms with van der Waals surface area (Å²) in [6, 6.07) is 5.10. The fraction of sp³-hybridized carbons (Fsp3) is 0.500. The standard InChI is InChI=1S/C18H23N3O9S/c22-8-12-5-6-13(9-23)15(7-12)25-27-29-30-28-26-21-17(24)4-2-1-3-16-18-14(10-31-16)19-11-20-18/h5-9,14,16,18-20H,1-4,10-11H2,(H,21,24). The molecule has 3 rings (SSSR count). The molecule has 31 heavy (non-hydrogen) atoms. The summed E-state index contributed by atoms with van der Waals surface area (Å²) in [5.74, 6) is 0.650. The summed E-state index contributed by atoms with van der Waals surface area (Å²) in [5.41, 5.74) is 2.38. The van der Waals surface area contributed by atoms with Gasteiger partial charge in [0.05, 0.1) is 5.56 Å². The lowest BCUT2D eigenvalue weighted by atomic mass is 10.0. The predicted octanol–water partition coefficient (Wildman–Crippen LogP) is 0.943. The monoisotopic (exact) mass is 457 g/mol. The van der Waals surface area contributed by atoms with Crippen LogP contribution in [-0.2, 0) is 29.9 Å². The zero-order valence-corrected chi connectivity index (χ0v) is 17.3. The van der Waals surface area contributed by atoms with Crippen LogP contribution >= 0.6 is 11.8 Å². The molecule has 0 bridgehead atoms. The topological polar surface area (TPSA) is 143 Å². The van der Waals surface area contributed by atoms with Gasteiger partial charge in [-0.05, 0) is 30.0 Å². The number of nitrogens with one attached hydrogen (secondary N) is 3. The van der Waals surface area contributed by atoms with Gasteiger partial charge >= 0.3 is 0 Å². The highest BCUT2D eigenvalue weighted by Crippen LogP contribution is 2.32. The van der Waals surface area contributed by atoms with Crippen LogP contribution in [0, 0.1) is 0 Å². The summed E-state index contributed by atoms with van der Waals surface area (Å²) in [4.78, 5) is 42.2. The predicted molar refractivity (Wildman–Crippen MR) is 105 cm³/mol. The summed E-state index contributed by atoms with van der Waals surface area (Å²) < 4.78 is 0. The molecule has 2 aliphatic rings.